The molecule has 0 saturated carbocycles. The largest absolute Gasteiger partial charge is 0.417 e. The predicted octanol–water partition coefficient (Wildman–Crippen LogP) is 5.57. The van der Waals surface area contributed by atoms with Crippen molar-refractivity contribution in [2.24, 2.45) is 0 Å². The summed E-state index contributed by atoms with van der Waals surface area (Å²) in [4.78, 5) is 4.14. The Morgan fingerprint density at radius 1 is 0.905 bits per heavy atom. The van der Waals surface area contributed by atoms with Gasteiger partial charge in [0.1, 0.15) is 5.15 Å². The molecule has 0 atom stereocenters. The zero-order chi connectivity index (χ0) is 15.0. The summed E-state index contributed by atoms with van der Waals surface area (Å²) < 4.78 is 39.2. The third kappa shape index (κ3) is 2.72. The molecule has 0 aliphatic carbocycles. The average molecular weight is 308 g/mol. The molecule has 0 fully saturated rings. The minimum atomic E-state index is -4.40. The second-order valence-corrected chi connectivity index (χ2v) is 4.97. The lowest BCUT2D eigenvalue weighted by molar-refractivity contribution is -0.137. The van der Waals surface area contributed by atoms with Crippen LogP contribution in [-0.2, 0) is 6.18 Å². The molecule has 1 nitrogen and oxygen atoms in total. The summed E-state index contributed by atoms with van der Waals surface area (Å²) in [5.74, 6) is 0. The van der Waals surface area contributed by atoms with Gasteiger partial charge in [0.05, 0.1) is 11.1 Å². The van der Waals surface area contributed by atoms with Crippen LogP contribution in [0.2, 0.25) is 5.15 Å². The summed E-state index contributed by atoms with van der Waals surface area (Å²) in [6, 6.07) is 13.9. The van der Waals surface area contributed by atoms with Crippen molar-refractivity contribution in [3.05, 3.63) is 65.3 Å². The van der Waals surface area contributed by atoms with E-state index in [4.69, 9.17) is 11.6 Å². The van der Waals surface area contributed by atoms with E-state index in [-0.39, 0.29) is 5.56 Å². The first-order valence-corrected chi connectivity index (χ1v) is 6.56. The van der Waals surface area contributed by atoms with E-state index in [1.54, 1.807) is 36.4 Å². The van der Waals surface area contributed by atoms with Gasteiger partial charge in [0, 0.05) is 5.39 Å². The Morgan fingerprint density at radius 2 is 1.62 bits per heavy atom. The monoisotopic (exact) mass is 307 g/mol. The number of fused-ring (bicyclic) bond motifs is 1. The second-order valence-electron chi connectivity index (χ2n) is 4.58. The molecule has 0 spiro atoms. The molecule has 0 saturated heterocycles. The fraction of sp³-hybridized carbons (Fsp3) is 0.0625. The van der Waals surface area contributed by atoms with E-state index in [9.17, 15) is 13.2 Å². The van der Waals surface area contributed by atoms with E-state index in [0.717, 1.165) is 11.5 Å². The number of hydrogen-bond donors (Lipinski definition) is 0. The number of rotatable bonds is 1. The highest BCUT2D eigenvalue weighted by Gasteiger charge is 2.33. The highest BCUT2D eigenvalue weighted by Crippen LogP contribution is 2.37. The van der Waals surface area contributed by atoms with Gasteiger partial charge in [-0.2, -0.15) is 13.2 Å². The molecule has 3 aromatic rings. The summed E-state index contributed by atoms with van der Waals surface area (Å²) in [6.07, 6.45) is -4.40. The Kier molecular flexibility index (Phi) is 3.33. The molecular formula is C16H9ClF3N. The second kappa shape index (κ2) is 5.04. The highest BCUT2D eigenvalue weighted by molar-refractivity contribution is 6.29. The lowest BCUT2D eigenvalue weighted by atomic mass is 9.98. The Balaban J connectivity index is 2.21. The Bertz CT molecular complexity index is 812. The van der Waals surface area contributed by atoms with Gasteiger partial charge in [-0.25, -0.2) is 4.98 Å². The average Bonchev–Trinajstić information content (AvgIpc) is 2.45. The fourth-order valence-corrected chi connectivity index (χ4v) is 2.40. The third-order valence-electron chi connectivity index (χ3n) is 3.20. The molecular weight excluding hydrogens is 299 g/mol. The first-order chi connectivity index (χ1) is 9.95. The van der Waals surface area contributed by atoms with Crippen LogP contribution >= 0.6 is 11.6 Å². The number of nitrogens with zero attached hydrogens (tertiary/aromatic N) is 1. The molecule has 3 rings (SSSR count). The van der Waals surface area contributed by atoms with Crippen LogP contribution in [0.25, 0.3) is 22.0 Å². The molecule has 106 valence electrons. The smallest absolute Gasteiger partial charge is 0.236 e. The Labute approximate surface area is 124 Å². The Morgan fingerprint density at radius 3 is 2.38 bits per heavy atom. The molecule has 0 aliphatic rings. The minimum Gasteiger partial charge on any atom is -0.236 e. The molecule has 0 bridgehead atoms. The van der Waals surface area contributed by atoms with E-state index >= 15 is 0 Å². The van der Waals surface area contributed by atoms with E-state index in [0.29, 0.717) is 16.2 Å². The van der Waals surface area contributed by atoms with Crippen LogP contribution in [0.1, 0.15) is 5.56 Å². The van der Waals surface area contributed by atoms with Crippen molar-refractivity contribution >= 4 is 22.5 Å². The van der Waals surface area contributed by atoms with Gasteiger partial charge in [0.25, 0.3) is 0 Å². The molecule has 0 radical (unpaired) electrons. The molecule has 5 heteroatoms. The molecule has 0 N–H and O–H groups in total. The van der Waals surface area contributed by atoms with Crippen molar-refractivity contribution in [2.45, 2.75) is 6.18 Å². The molecule has 0 unspecified atom stereocenters. The van der Waals surface area contributed by atoms with Gasteiger partial charge in [-0.15, -0.1) is 0 Å². The van der Waals surface area contributed by atoms with E-state index in [1.165, 1.54) is 12.1 Å². The first kappa shape index (κ1) is 13.9. The number of pyridine rings is 1. The summed E-state index contributed by atoms with van der Waals surface area (Å²) in [5, 5.41) is 1.14. The lowest BCUT2D eigenvalue weighted by Crippen LogP contribution is -2.06. The van der Waals surface area contributed by atoms with Crippen LogP contribution in [-0.4, -0.2) is 4.98 Å². The summed E-state index contributed by atoms with van der Waals surface area (Å²) in [7, 11) is 0. The van der Waals surface area contributed by atoms with Crippen molar-refractivity contribution in [3.8, 4) is 11.1 Å². The number of aromatic nitrogens is 1. The zero-order valence-corrected chi connectivity index (χ0v) is 11.4. The quantitative estimate of drug-likeness (QED) is 0.535. The molecule has 0 aliphatic heterocycles. The maximum Gasteiger partial charge on any atom is 0.417 e. The molecule has 1 heterocycles. The number of halogens is 4. The van der Waals surface area contributed by atoms with Gasteiger partial charge < -0.3 is 0 Å². The van der Waals surface area contributed by atoms with Gasteiger partial charge in [-0.3, -0.25) is 0 Å². The maximum atomic E-state index is 13.1. The van der Waals surface area contributed by atoms with Crippen molar-refractivity contribution < 1.29 is 13.2 Å². The topological polar surface area (TPSA) is 12.9 Å². The number of alkyl halides is 3. The fourth-order valence-electron chi connectivity index (χ4n) is 2.24. The minimum absolute atomic E-state index is 0.133. The van der Waals surface area contributed by atoms with Crippen molar-refractivity contribution in [1.29, 1.82) is 0 Å². The lowest BCUT2D eigenvalue weighted by Gasteiger charge is -2.13. The normalized spacial score (nSPS) is 11.8. The van der Waals surface area contributed by atoms with Crippen LogP contribution < -0.4 is 0 Å². The van der Waals surface area contributed by atoms with Gasteiger partial charge in [-0.1, -0.05) is 41.9 Å². The predicted molar refractivity (Wildman–Crippen MR) is 77.2 cm³/mol. The van der Waals surface area contributed by atoms with Crippen LogP contribution in [0.15, 0.2) is 54.6 Å². The van der Waals surface area contributed by atoms with Crippen LogP contribution in [0.4, 0.5) is 13.2 Å². The van der Waals surface area contributed by atoms with Crippen molar-refractivity contribution in [3.63, 3.8) is 0 Å². The van der Waals surface area contributed by atoms with E-state index in [1.807, 2.05) is 0 Å². The molecule has 1 aromatic heterocycles. The molecule has 2 aromatic carbocycles. The van der Waals surface area contributed by atoms with Crippen LogP contribution in [0.3, 0.4) is 0 Å². The van der Waals surface area contributed by atoms with Gasteiger partial charge >= 0.3 is 6.18 Å². The van der Waals surface area contributed by atoms with E-state index < -0.39 is 11.7 Å². The molecule has 0 amide bonds. The number of benzene rings is 2. The zero-order valence-electron chi connectivity index (χ0n) is 10.7. The van der Waals surface area contributed by atoms with E-state index in [2.05, 4.69) is 4.98 Å². The van der Waals surface area contributed by atoms with Crippen molar-refractivity contribution in [1.82, 2.24) is 4.98 Å². The molecule has 21 heavy (non-hydrogen) atoms. The van der Waals surface area contributed by atoms with Crippen molar-refractivity contribution in [2.75, 3.05) is 0 Å². The van der Waals surface area contributed by atoms with Gasteiger partial charge in [-0.05, 0) is 35.4 Å². The summed E-state index contributed by atoms with van der Waals surface area (Å²) in [5.41, 5.74) is 0.502. The first-order valence-electron chi connectivity index (χ1n) is 6.18. The maximum absolute atomic E-state index is 13.1. The summed E-state index contributed by atoms with van der Waals surface area (Å²) >= 11 is 5.83. The Hall–Kier alpha value is -2.07. The summed E-state index contributed by atoms with van der Waals surface area (Å²) in [6.45, 7) is 0. The SMILES string of the molecule is FC(F)(F)c1ccccc1-c1ccc2ccc(Cl)nc2c1. The van der Waals surface area contributed by atoms with Crippen LogP contribution in [0, 0.1) is 0 Å². The highest BCUT2D eigenvalue weighted by atomic mass is 35.5. The van der Waals surface area contributed by atoms with Gasteiger partial charge in [0.15, 0.2) is 0 Å². The van der Waals surface area contributed by atoms with Gasteiger partial charge in [0.2, 0.25) is 0 Å². The number of hydrogen-bond acceptors (Lipinski definition) is 1. The third-order valence-corrected chi connectivity index (χ3v) is 3.41. The van der Waals surface area contributed by atoms with Crippen LogP contribution in [0.5, 0.6) is 0 Å². The standard InChI is InChI=1S/C16H9ClF3N/c17-15-8-7-10-5-6-11(9-14(10)21-15)12-3-1-2-4-13(12)16(18,19)20/h1-9H.